The van der Waals surface area contributed by atoms with Crippen LogP contribution in [0.3, 0.4) is 0 Å². The number of hydrogen-bond acceptors (Lipinski definition) is 3. The van der Waals surface area contributed by atoms with Gasteiger partial charge in [0.15, 0.2) is 0 Å². The highest BCUT2D eigenvalue weighted by atomic mass is 32.1. The van der Waals surface area contributed by atoms with Crippen LogP contribution < -0.4 is 5.32 Å². The fraction of sp³-hybridized carbons (Fsp3) is 0.643. The summed E-state index contributed by atoms with van der Waals surface area (Å²) < 4.78 is 0. The molecule has 2 atom stereocenters. The van der Waals surface area contributed by atoms with Crippen LogP contribution in [-0.4, -0.2) is 23.7 Å². The third-order valence-electron chi connectivity index (χ3n) is 3.85. The first kappa shape index (κ1) is 13.6. The molecule has 0 spiro atoms. The van der Waals surface area contributed by atoms with Gasteiger partial charge in [0.25, 0.3) is 5.91 Å². The molecule has 1 heterocycles. The summed E-state index contributed by atoms with van der Waals surface area (Å²) in [4.78, 5) is 14.1. The number of thiophene rings is 1. The molecular weight excluding hydrogens is 246 g/mol. The molecule has 3 nitrogen and oxygen atoms in total. The van der Waals surface area contributed by atoms with E-state index in [0.29, 0.717) is 0 Å². The van der Waals surface area contributed by atoms with E-state index in [1.807, 2.05) is 19.9 Å². The number of nitrogens with one attached hydrogen (secondary N) is 1. The Kier molecular flexibility index (Phi) is 4.40. The SMILES string of the molecule is Cc1cc(C(=O)NC2CCCCC2CO)sc1C. The molecule has 1 amide bonds. The van der Waals surface area contributed by atoms with Crippen LogP contribution in [0.15, 0.2) is 6.07 Å². The highest BCUT2D eigenvalue weighted by molar-refractivity contribution is 7.14. The maximum atomic E-state index is 12.2. The van der Waals surface area contributed by atoms with Gasteiger partial charge in [-0.2, -0.15) is 0 Å². The van der Waals surface area contributed by atoms with E-state index in [1.165, 1.54) is 10.4 Å². The van der Waals surface area contributed by atoms with Gasteiger partial charge in [-0.25, -0.2) is 0 Å². The van der Waals surface area contributed by atoms with Gasteiger partial charge in [0, 0.05) is 23.4 Å². The quantitative estimate of drug-likeness (QED) is 0.884. The van der Waals surface area contributed by atoms with Crippen LogP contribution >= 0.6 is 11.3 Å². The zero-order chi connectivity index (χ0) is 13.1. The molecule has 18 heavy (non-hydrogen) atoms. The third-order valence-corrected chi connectivity index (χ3v) is 5.00. The first-order chi connectivity index (χ1) is 8.61. The van der Waals surface area contributed by atoms with Crippen LogP contribution in [0.1, 0.15) is 45.8 Å². The van der Waals surface area contributed by atoms with Gasteiger partial charge in [-0.3, -0.25) is 4.79 Å². The number of aliphatic hydroxyl groups excluding tert-OH is 1. The van der Waals surface area contributed by atoms with Crippen LogP contribution in [0.4, 0.5) is 0 Å². The van der Waals surface area contributed by atoms with Crippen molar-refractivity contribution < 1.29 is 9.90 Å². The van der Waals surface area contributed by atoms with Crippen LogP contribution in [0.25, 0.3) is 0 Å². The van der Waals surface area contributed by atoms with Crippen molar-refractivity contribution in [2.45, 2.75) is 45.6 Å². The Morgan fingerprint density at radius 3 is 2.78 bits per heavy atom. The molecule has 0 bridgehead atoms. The Morgan fingerprint density at radius 1 is 1.44 bits per heavy atom. The van der Waals surface area contributed by atoms with Gasteiger partial charge in [-0.15, -0.1) is 11.3 Å². The van der Waals surface area contributed by atoms with Crippen molar-refractivity contribution in [3.05, 3.63) is 21.4 Å². The third kappa shape index (κ3) is 2.93. The predicted octanol–water partition coefficient (Wildman–Crippen LogP) is 2.65. The zero-order valence-electron chi connectivity index (χ0n) is 11.0. The lowest BCUT2D eigenvalue weighted by Crippen LogP contribution is -2.43. The van der Waals surface area contributed by atoms with E-state index in [9.17, 15) is 9.90 Å². The molecule has 0 aromatic carbocycles. The number of aliphatic hydroxyl groups is 1. The second-order valence-corrected chi connectivity index (χ2v) is 6.41. The standard InChI is InChI=1S/C14H21NO2S/c1-9-7-13(18-10(9)2)14(17)15-12-6-4-3-5-11(12)8-16/h7,11-12,16H,3-6,8H2,1-2H3,(H,15,17). The molecule has 1 aliphatic rings. The fourth-order valence-electron chi connectivity index (χ4n) is 2.54. The summed E-state index contributed by atoms with van der Waals surface area (Å²) >= 11 is 1.55. The van der Waals surface area contributed by atoms with Gasteiger partial charge in [-0.1, -0.05) is 12.8 Å². The van der Waals surface area contributed by atoms with Crippen molar-refractivity contribution >= 4 is 17.2 Å². The Hall–Kier alpha value is -0.870. The first-order valence-corrected chi connectivity index (χ1v) is 7.42. The van der Waals surface area contributed by atoms with Crippen LogP contribution in [0.2, 0.25) is 0 Å². The average molecular weight is 267 g/mol. The number of amides is 1. The van der Waals surface area contributed by atoms with Crippen molar-refractivity contribution in [3.8, 4) is 0 Å². The van der Waals surface area contributed by atoms with Gasteiger partial charge < -0.3 is 10.4 Å². The fourth-order valence-corrected chi connectivity index (χ4v) is 3.48. The summed E-state index contributed by atoms with van der Waals surface area (Å²) in [5.41, 5.74) is 1.17. The molecule has 1 saturated carbocycles. The van der Waals surface area contributed by atoms with Crippen molar-refractivity contribution in [3.63, 3.8) is 0 Å². The smallest absolute Gasteiger partial charge is 0.261 e. The maximum Gasteiger partial charge on any atom is 0.261 e. The topological polar surface area (TPSA) is 49.3 Å². The van der Waals surface area contributed by atoms with E-state index in [1.54, 1.807) is 11.3 Å². The molecule has 0 aliphatic heterocycles. The maximum absolute atomic E-state index is 12.2. The number of aryl methyl sites for hydroxylation is 2. The number of carbonyl (C=O) groups is 1. The Morgan fingerprint density at radius 2 is 2.17 bits per heavy atom. The number of hydrogen-bond donors (Lipinski definition) is 2. The molecule has 0 saturated heterocycles. The summed E-state index contributed by atoms with van der Waals surface area (Å²) in [5, 5.41) is 12.4. The molecule has 1 fully saturated rings. The molecule has 1 aromatic heterocycles. The summed E-state index contributed by atoms with van der Waals surface area (Å²) in [7, 11) is 0. The number of rotatable bonds is 3. The van der Waals surface area contributed by atoms with E-state index in [4.69, 9.17) is 0 Å². The van der Waals surface area contributed by atoms with E-state index in [-0.39, 0.29) is 24.5 Å². The minimum Gasteiger partial charge on any atom is -0.396 e. The lowest BCUT2D eigenvalue weighted by atomic mass is 9.85. The van der Waals surface area contributed by atoms with Crippen molar-refractivity contribution in [2.75, 3.05) is 6.61 Å². The summed E-state index contributed by atoms with van der Waals surface area (Å²) in [6, 6.07) is 2.09. The molecule has 4 heteroatoms. The number of carbonyl (C=O) groups excluding carboxylic acids is 1. The van der Waals surface area contributed by atoms with Gasteiger partial charge >= 0.3 is 0 Å². The van der Waals surface area contributed by atoms with Crippen molar-refractivity contribution in [1.29, 1.82) is 0 Å². The molecular formula is C14H21NO2S. The molecule has 1 aliphatic carbocycles. The lowest BCUT2D eigenvalue weighted by molar-refractivity contribution is 0.0876. The second-order valence-electron chi connectivity index (χ2n) is 5.16. The van der Waals surface area contributed by atoms with Gasteiger partial charge in [0.1, 0.15) is 0 Å². The van der Waals surface area contributed by atoms with E-state index in [2.05, 4.69) is 5.32 Å². The Bertz CT molecular complexity index is 408. The summed E-state index contributed by atoms with van der Waals surface area (Å²) in [5.74, 6) is 0.242. The Labute approximate surface area is 112 Å². The normalized spacial score (nSPS) is 23.9. The minimum absolute atomic E-state index is 0.0153. The largest absolute Gasteiger partial charge is 0.396 e. The molecule has 2 rings (SSSR count). The summed E-state index contributed by atoms with van der Waals surface area (Å²) in [6.45, 7) is 4.24. The second kappa shape index (κ2) is 5.85. The molecule has 2 unspecified atom stereocenters. The van der Waals surface area contributed by atoms with Crippen molar-refractivity contribution in [1.82, 2.24) is 5.32 Å². The van der Waals surface area contributed by atoms with E-state index in [0.717, 1.165) is 30.6 Å². The lowest BCUT2D eigenvalue weighted by Gasteiger charge is -2.30. The van der Waals surface area contributed by atoms with Crippen LogP contribution in [-0.2, 0) is 0 Å². The Balaban J connectivity index is 2.01. The first-order valence-electron chi connectivity index (χ1n) is 6.60. The van der Waals surface area contributed by atoms with Gasteiger partial charge in [-0.05, 0) is 38.3 Å². The summed E-state index contributed by atoms with van der Waals surface area (Å²) in [6.07, 6.45) is 4.31. The van der Waals surface area contributed by atoms with E-state index >= 15 is 0 Å². The highest BCUT2D eigenvalue weighted by Crippen LogP contribution is 2.25. The predicted molar refractivity (Wildman–Crippen MR) is 74.1 cm³/mol. The van der Waals surface area contributed by atoms with Crippen LogP contribution in [0.5, 0.6) is 0 Å². The van der Waals surface area contributed by atoms with Gasteiger partial charge in [0.2, 0.25) is 0 Å². The highest BCUT2D eigenvalue weighted by Gasteiger charge is 2.26. The van der Waals surface area contributed by atoms with Crippen molar-refractivity contribution in [2.24, 2.45) is 5.92 Å². The molecule has 2 N–H and O–H groups in total. The molecule has 0 radical (unpaired) electrons. The molecule has 1 aromatic rings. The average Bonchev–Trinajstić information content (AvgIpc) is 2.70. The monoisotopic (exact) mass is 267 g/mol. The van der Waals surface area contributed by atoms with E-state index < -0.39 is 0 Å². The zero-order valence-corrected chi connectivity index (χ0v) is 11.8. The van der Waals surface area contributed by atoms with Gasteiger partial charge in [0.05, 0.1) is 4.88 Å². The molecule has 100 valence electrons. The van der Waals surface area contributed by atoms with Crippen LogP contribution in [0, 0.1) is 19.8 Å². The minimum atomic E-state index is 0.0153.